The first-order valence-corrected chi connectivity index (χ1v) is 7.24. The lowest BCUT2D eigenvalue weighted by atomic mass is 10.3. The Hall–Kier alpha value is -1.92. The van der Waals surface area contributed by atoms with E-state index in [2.05, 4.69) is 22.2 Å². The number of hydrogen-bond donors (Lipinski definition) is 0. The minimum Gasteiger partial charge on any atom is -0.355 e. The fraction of sp³-hybridized carbons (Fsp3) is 0.286. The van der Waals surface area contributed by atoms with E-state index in [1.54, 1.807) is 11.3 Å². The molecule has 6 heteroatoms. The Bertz CT molecular complexity index is 671. The zero-order chi connectivity index (χ0) is 13.9. The van der Waals surface area contributed by atoms with Crippen LogP contribution in [0.5, 0.6) is 0 Å². The normalized spacial score (nSPS) is 11.3. The van der Waals surface area contributed by atoms with Gasteiger partial charge in [0.15, 0.2) is 5.76 Å². The van der Waals surface area contributed by atoms with E-state index in [-0.39, 0.29) is 0 Å². The Morgan fingerprint density at radius 1 is 1.40 bits per heavy atom. The van der Waals surface area contributed by atoms with Gasteiger partial charge < -0.3 is 4.52 Å². The summed E-state index contributed by atoms with van der Waals surface area (Å²) in [5, 5.41) is 10.3. The van der Waals surface area contributed by atoms with Gasteiger partial charge in [-0.2, -0.15) is 5.10 Å². The van der Waals surface area contributed by atoms with Gasteiger partial charge >= 0.3 is 0 Å². The number of rotatable bonds is 5. The Morgan fingerprint density at radius 2 is 2.30 bits per heavy atom. The molecule has 0 N–H and O–H groups in total. The smallest absolute Gasteiger partial charge is 0.177 e. The van der Waals surface area contributed by atoms with Crippen molar-refractivity contribution < 1.29 is 4.52 Å². The molecule has 3 heterocycles. The van der Waals surface area contributed by atoms with E-state index in [4.69, 9.17) is 4.52 Å². The predicted molar refractivity (Wildman–Crippen MR) is 78.2 cm³/mol. The summed E-state index contributed by atoms with van der Waals surface area (Å²) in [6, 6.07) is 6.05. The zero-order valence-electron chi connectivity index (χ0n) is 11.5. The maximum absolute atomic E-state index is 5.38. The molecule has 0 atom stereocenters. The fourth-order valence-electron chi connectivity index (χ4n) is 2.12. The molecule has 0 saturated heterocycles. The first kappa shape index (κ1) is 13.1. The van der Waals surface area contributed by atoms with E-state index >= 15 is 0 Å². The van der Waals surface area contributed by atoms with Gasteiger partial charge in [0.25, 0.3) is 0 Å². The Labute approximate surface area is 121 Å². The van der Waals surface area contributed by atoms with Gasteiger partial charge in [0.2, 0.25) is 0 Å². The van der Waals surface area contributed by atoms with Crippen LogP contribution in [0.4, 0.5) is 0 Å². The lowest BCUT2D eigenvalue weighted by Gasteiger charge is -2.12. The lowest BCUT2D eigenvalue weighted by Crippen LogP contribution is -2.17. The fourth-order valence-corrected chi connectivity index (χ4v) is 2.79. The van der Waals surface area contributed by atoms with Crippen LogP contribution in [0.25, 0.3) is 10.6 Å². The molecule has 0 saturated carbocycles. The molecule has 0 amide bonds. The highest BCUT2D eigenvalue weighted by atomic mass is 32.1. The Balaban J connectivity index is 1.63. The van der Waals surface area contributed by atoms with Crippen LogP contribution in [-0.2, 0) is 20.1 Å². The lowest BCUT2D eigenvalue weighted by molar-refractivity contribution is 0.304. The van der Waals surface area contributed by atoms with E-state index in [1.807, 2.05) is 47.7 Å². The van der Waals surface area contributed by atoms with Crippen LogP contribution < -0.4 is 0 Å². The first-order valence-electron chi connectivity index (χ1n) is 6.36. The van der Waals surface area contributed by atoms with Crippen molar-refractivity contribution in [1.29, 1.82) is 0 Å². The van der Waals surface area contributed by atoms with Crippen LogP contribution in [0.2, 0.25) is 0 Å². The summed E-state index contributed by atoms with van der Waals surface area (Å²) in [6.07, 6.45) is 3.91. The number of thiophene rings is 1. The largest absolute Gasteiger partial charge is 0.355 e. The van der Waals surface area contributed by atoms with Gasteiger partial charge in [-0.3, -0.25) is 9.58 Å². The van der Waals surface area contributed by atoms with Crippen molar-refractivity contribution in [3.63, 3.8) is 0 Å². The van der Waals surface area contributed by atoms with Gasteiger partial charge in [0, 0.05) is 38.0 Å². The highest BCUT2D eigenvalue weighted by Crippen LogP contribution is 2.25. The molecule has 0 aromatic carbocycles. The molecule has 0 aliphatic carbocycles. The third kappa shape index (κ3) is 2.97. The van der Waals surface area contributed by atoms with Gasteiger partial charge in [-0.1, -0.05) is 11.2 Å². The molecule has 104 valence electrons. The van der Waals surface area contributed by atoms with Crippen molar-refractivity contribution in [2.45, 2.75) is 13.1 Å². The van der Waals surface area contributed by atoms with Crippen molar-refractivity contribution in [2.75, 3.05) is 7.05 Å². The quantitative estimate of drug-likeness (QED) is 0.724. The first-order chi connectivity index (χ1) is 9.70. The van der Waals surface area contributed by atoms with Crippen molar-refractivity contribution in [3.8, 4) is 10.6 Å². The minimum absolute atomic E-state index is 0.754. The molecule has 5 nitrogen and oxygen atoms in total. The molecule has 3 rings (SSSR count). The van der Waals surface area contributed by atoms with Crippen molar-refractivity contribution in [3.05, 3.63) is 47.2 Å². The SMILES string of the molecule is CN(Cc1cnn(C)c1)Cc1cc(-c2cccs2)on1. The average Bonchev–Trinajstić information content (AvgIpc) is 3.10. The summed E-state index contributed by atoms with van der Waals surface area (Å²) in [4.78, 5) is 3.30. The van der Waals surface area contributed by atoms with Crippen LogP contribution in [0.1, 0.15) is 11.3 Å². The molecule has 0 unspecified atom stereocenters. The highest BCUT2D eigenvalue weighted by molar-refractivity contribution is 7.13. The van der Waals surface area contributed by atoms with Crippen molar-refractivity contribution in [1.82, 2.24) is 19.8 Å². The number of aryl methyl sites for hydroxylation is 1. The maximum Gasteiger partial charge on any atom is 0.177 e. The molecule has 0 aliphatic heterocycles. The monoisotopic (exact) mass is 288 g/mol. The van der Waals surface area contributed by atoms with Crippen LogP contribution >= 0.6 is 11.3 Å². The van der Waals surface area contributed by atoms with Gasteiger partial charge in [-0.25, -0.2) is 0 Å². The molecule has 0 bridgehead atoms. The zero-order valence-corrected chi connectivity index (χ0v) is 12.3. The van der Waals surface area contributed by atoms with E-state index in [0.29, 0.717) is 0 Å². The topological polar surface area (TPSA) is 47.1 Å². The molecule has 0 radical (unpaired) electrons. The Kier molecular flexibility index (Phi) is 3.66. The second-order valence-corrected chi connectivity index (χ2v) is 5.80. The molecule has 3 aromatic rings. The van der Waals surface area contributed by atoms with Gasteiger partial charge in [-0.15, -0.1) is 11.3 Å². The molecule has 0 aliphatic rings. The number of nitrogens with zero attached hydrogens (tertiary/aromatic N) is 4. The second-order valence-electron chi connectivity index (χ2n) is 4.85. The van der Waals surface area contributed by atoms with E-state index < -0.39 is 0 Å². The molecule has 0 spiro atoms. The minimum atomic E-state index is 0.754. The average molecular weight is 288 g/mol. The van der Waals surface area contributed by atoms with Gasteiger partial charge in [0.1, 0.15) is 0 Å². The van der Waals surface area contributed by atoms with Crippen LogP contribution in [0.3, 0.4) is 0 Å². The molecular formula is C14H16N4OS. The third-order valence-electron chi connectivity index (χ3n) is 2.97. The summed E-state index contributed by atoms with van der Waals surface area (Å²) in [6.45, 7) is 1.60. The summed E-state index contributed by atoms with van der Waals surface area (Å²) in [5.41, 5.74) is 2.14. The van der Waals surface area contributed by atoms with Crippen molar-refractivity contribution >= 4 is 11.3 Å². The van der Waals surface area contributed by atoms with E-state index in [1.165, 1.54) is 5.56 Å². The maximum atomic E-state index is 5.38. The summed E-state index contributed by atoms with van der Waals surface area (Å²) in [5.74, 6) is 0.838. The summed E-state index contributed by atoms with van der Waals surface area (Å²) >= 11 is 1.66. The van der Waals surface area contributed by atoms with E-state index in [9.17, 15) is 0 Å². The number of hydrogen-bond acceptors (Lipinski definition) is 5. The number of aromatic nitrogens is 3. The standard InChI is InChI=1S/C14H16N4OS/c1-17(8-11-7-15-18(2)9-11)10-12-6-13(19-16-12)14-4-3-5-20-14/h3-7,9H,8,10H2,1-2H3. The second kappa shape index (κ2) is 5.60. The Morgan fingerprint density at radius 3 is 3.00 bits per heavy atom. The van der Waals surface area contributed by atoms with Crippen molar-refractivity contribution in [2.24, 2.45) is 7.05 Å². The molecule has 0 fully saturated rings. The molecular weight excluding hydrogens is 272 g/mol. The van der Waals surface area contributed by atoms with Gasteiger partial charge in [0.05, 0.1) is 16.8 Å². The van der Waals surface area contributed by atoms with Crippen LogP contribution in [0.15, 0.2) is 40.5 Å². The predicted octanol–water partition coefficient (Wildman–Crippen LogP) is 2.77. The molecule has 20 heavy (non-hydrogen) atoms. The summed E-state index contributed by atoms with van der Waals surface area (Å²) < 4.78 is 7.20. The highest BCUT2D eigenvalue weighted by Gasteiger charge is 2.10. The van der Waals surface area contributed by atoms with E-state index in [0.717, 1.165) is 29.4 Å². The van der Waals surface area contributed by atoms with Crippen LogP contribution in [-0.4, -0.2) is 26.9 Å². The molecule has 3 aromatic heterocycles. The van der Waals surface area contributed by atoms with Gasteiger partial charge in [-0.05, 0) is 18.5 Å². The third-order valence-corrected chi connectivity index (χ3v) is 3.85. The van der Waals surface area contributed by atoms with Crippen LogP contribution in [0, 0.1) is 0 Å². The summed E-state index contributed by atoms with van der Waals surface area (Å²) in [7, 11) is 3.99.